The molecule has 1 aromatic heterocycles. The van der Waals surface area contributed by atoms with Gasteiger partial charge in [-0.1, -0.05) is 6.07 Å². The van der Waals surface area contributed by atoms with Gasteiger partial charge >= 0.3 is 0 Å². The Morgan fingerprint density at radius 3 is 3.08 bits per heavy atom. The summed E-state index contributed by atoms with van der Waals surface area (Å²) in [5.41, 5.74) is -0.282. The van der Waals surface area contributed by atoms with Gasteiger partial charge in [-0.25, -0.2) is 9.37 Å². The van der Waals surface area contributed by atoms with Crippen LogP contribution >= 0.6 is 0 Å². The molecule has 1 amide bonds. The molecular weight excluding hydrogens is 317 g/mol. The van der Waals surface area contributed by atoms with E-state index in [1.54, 1.807) is 12.1 Å². The van der Waals surface area contributed by atoms with Gasteiger partial charge in [0, 0.05) is 18.9 Å². The van der Waals surface area contributed by atoms with E-state index in [1.807, 2.05) is 0 Å². The normalized spacial score (nSPS) is 20.4. The molecule has 2 atom stereocenters. The van der Waals surface area contributed by atoms with E-state index in [9.17, 15) is 14.0 Å². The Morgan fingerprint density at radius 1 is 1.46 bits per heavy atom. The number of H-pyrrole nitrogens is 1. The Bertz CT molecular complexity index is 759. The molecule has 0 aliphatic carbocycles. The number of nitrogens with zero attached hydrogens (tertiary/aromatic N) is 1. The molecule has 24 heavy (non-hydrogen) atoms. The number of hydrogen-bond acceptors (Lipinski definition) is 5. The summed E-state index contributed by atoms with van der Waals surface area (Å²) >= 11 is 0. The molecule has 7 nitrogen and oxygen atoms in total. The van der Waals surface area contributed by atoms with E-state index < -0.39 is 17.8 Å². The molecule has 2 N–H and O–H groups in total. The number of amides is 1. The van der Waals surface area contributed by atoms with E-state index in [0.717, 1.165) is 6.20 Å². The second kappa shape index (κ2) is 7.22. The topological polar surface area (TPSA) is 93.3 Å². The molecule has 3 rings (SSSR count). The first-order valence-electron chi connectivity index (χ1n) is 7.47. The average molecular weight is 333 g/mol. The van der Waals surface area contributed by atoms with Gasteiger partial charge in [0.25, 0.3) is 11.5 Å². The number of halogens is 1. The van der Waals surface area contributed by atoms with Crippen LogP contribution in [0.3, 0.4) is 0 Å². The Labute approximate surface area is 136 Å². The van der Waals surface area contributed by atoms with Gasteiger partial charge in [0.1, 0.15) is 23.4 Å². The minimum atomic E-state index is -0.452. The summed E-state index contributed by atoms with van der Waals surface area (Å²) in [5.74, 6) is -0.458. The van der Waals surface area contributed by atoms with Crippen LogP contribution in [0.15, 0.2) is 41.5 Å². The number of benzene rings is 1. The number of rotatable bonds is 4. The van der Waals surface area contributed by atoms with Crippen LogP contribution in [0.2, 0.25) is 0 Å². The molecule has 0 bridgehead atoms. The lowest BCUT2D eigenvalue weighted by molar-refractivity contribution is -0.0136. The molecule has 0 radical (unpaired) electrons. The lowest BCUT2D eigenvalue weighted by Crippen LogP contribution is -2.51. The number of ether oxygens (including phenoxy) is 2. The number of aromatic nitrogens is 2. The van der Waals surface area contributed by atoms with Crippen LogP contribution in [-0.4, -0.2) is 41.2 Å². The van der Waals surface area contributed by atoms with Crippen LogP contribution in [0, 0.1) is 5.82 Å². The van der Waals surface area contributed by atoms with E-state index in [-0.39, 0.29) is 23.9 Å². The highest BCUT2D eigenvalue weighted by molar-refractivity contribution is 5.92. The zero-order valence-electron chi connectivity index (χ0n) is 12.7. The van der Waals surface area contributed by atoms with Gasteiger partial charge in [0.2, 0.25) is 0 Å². The lowest BCUT2D eigenvalue weighted by Gasteiger charge is -2.32. The van der Waals surface area contributed by atoms with Crippen molar-refractivity contribution in [2.24, 2.45) is 0 Å². The highest BCUT2D eigenvalue weighted by Crippen LogP contribution is 2.19. The standard InChI is InChI=1S/C16H16FN3O4/c17-10-2-1-3-11(6-10)24-14-9-23-5-4-12(14)20-16(22)13-7-19-15(21)8-18-13/h1-3,6-8,12,14H,4-5,9H2,(H,19,21)(H,20,22)/t12-,14-/m1/s1. The van der Waals surface area contributed by atoms with Crippen LogP contribution in [-0.2, 0) is 4.74 Å². The minimum Gasteiger partial charge on any atom is -0.486 e. The van der Waals surface area contributed by atoms with Crippen molar-refractivity contribution in [1.29, 1.82) is 0 Å². The van der Waals surface area contributed by atoms with Crippen LogP contribution < -0.4 is 15.6 Å². The zero-order chi connectivity index (χ0) is 16.9. The van der Waals surface area contributed by atoms with E-state index in [1.165, 1.54) is 18.3 Å². The SMILES string of the molecule is O=C(N[C@@H]1CCOC[C@H]1Oc1cccc(F)c1)c1c[nH]c(=O)cn1. The number of hydrogen-bond donors (Lipinski definition) is 2. The van der Waals surface area contributed by atoms with Gasteiger partial charge in [0.05, 0.1) is 18.8 Å². The predicted octanol–water partition coefficient (Wildman–Crippen LogP) is 0.875. The number of aromatic amines is 1. The first-order valence-corrected chi connectivity index (χ1v) is 7.47. The van der Waals surface area contributed by atoms with Crippen LogP contribution in [0.25, 0.3) is 0 Å². The molecule has 1 fully saturated rings. The van der Waals surface area contributed by atoms with Crippen molar-refractivity contribution in [3.05, 3.63) is 58.5 Å². The maximum Gasteiger partial charge on any atom is 0.271 e. The van der Waals surface area contributed by atoms with Crippen molar-refractivity contribution in [2.75, 3.05) is 13.2 Å². The van der Waals surface area contributed by atoms with E-state index in [2.05, 4.69) is 15.3 Å². The Hall–Kier alpha value is -2.74. The highest BCUT2D eigenvalue weighted by Gasteiger charge is 2.29. The molecule has 2 heterocycles. The summed E-state index contributed by atoms with van der Waals surface area (Å²) in [6, 6.07) is 5.47. The molecule has 1 aromatic carbocycles. The molecule has 0 unspecified atom stereocenters. The molecule has 1 saturated heterocycles. The minimum absolute atomic E-state index is 0.102. The number of nitrogens with one attached hydrogen (secondary N) is 2. The first-order chi connectivity index (χ1) is 11.6. The van der Waals surface area contributed by atoms with E-state index in [0.29, 0.717) is 18.8 Å². The highest BCUT2D eigenvalue weighted by atomic mass is 19.1. The van der Waals surface area contributed by atoms with E-state index in [4.69, 9.17) is 9.47 Å². The van der Waals surface area contributed by atoms with Gasteiger partial charge < -0.3 is 19.8 Å². The largest absolute Gasteiger partial charge is 0.486 e. The van der Waals surface area contributed by atoms with Crippen molar-refractivity contribution in [1.82, 2.24) is 15.3 Å². The smallest absolute Gasteiger partial charge is 0.271 e. The molecule has 1 aliphatic rings. The second-order valence-electron chi connectivity index (χ2n) is 5.35. The van der Waals surface area contributed by atoms with Crippen LogP contribution in [0.1, 0.15) is 16.9 Å². The third-order valence-electron chi connectivity index (χ3n) is 3.61. The maximum absolute atomic E-state index is 13.3. The fraction of sp³-hybridized carbons (Fsp3) is 0.312. The summed E-state index contributed by atoms with van der Waals surface area (Å²) < 4.78 is 24.4. The predicted molar refractivity (Wildman–Crippen MR) is 82.4 cm³/mol. The third kappa shape index (κ3) is 3.96. The van der Waals surface area contributed by atoms with Crippen LogP contribution in [0.4, 0.5) is 4.39 Å². The third-order valence-corrected chi connectivity index (χ3v) is 3.61. The van der Waals surface area contributed by atoms with Gasteiger partial charge in [-0.05, 0) is 18.6 Å². The molecule has 0 spiro atoms. The number of carbonyl (C=O) groups is 1. The summed E-state index contributed by atoms with van der Waals surface area (Å²) in [6.07, 6.45) is 2.39. The molecule has 0 saturated carbocycles. The van der Waals surface area contributed by atoms with E-state index >= 15 is 0 Å². The average Bonchev–Trinajstić information content (AvgIpc) is 2.57. The Morgan fingerprint density at radius 2 is 2.33 bits per heavy atom. The molecule has 2 aromatic rings. The fourth-order valence-electron chi connectivity index (χ4n) is 2.42. The van der Waals surface area contributed by atoms with Crippen molar-refractivity contribution < 1.29 is 18.7 Å². The van der Waals surface area contributed by atoms with Crippen LogP contribution in [0.5, 0.6) is 5.75 Å². The Kier molecular flexibility index (Phi) is 4.85. The number of carbonyl (C=O) groups excluding carboxylic acids is 1. The molecular formula is C16H16FN3O4. The summed E-state index contributed by atoms with van der Waals surface area (Å²) in [6.45, 7) is 0.757. The quantitative estimate of drug-likeness (QED) is 0.866. The molecule has 8 heteroatoms. The molecule has 1 aliphatic heterocycles. The lowest BCUT2D eigenvalue weighted by atomic mass is 10.1. The van der Waals surface area contributed by atoms with Gasteiger partial charge in [-0.15, -0.1) is 0 Å². The molecule has 126 valence electrons. The second-order valence-corrected chi connectivity index (χ2v) is 5.35. The van der Waals surface area contributed by atoms with Gasteiger partial charge in [-0.3, -0.25) is 9.59 Å². The Balaban J connectivity index is 1.69. The summed E-state index contributed by atoms with van der Waals surface area (Å²) in [7, 11) is 0. The van der Waals surface area contributed by atoms with Crippen molar-refractivity contribution >= 4 is 5.91 Å². The summed E-state index contributed by atoms with van der Waals surface area (Å²) in [5, 5.41) is 2.82. The maximum atomic E-state index is 13.3. The van der Waals surface area contributed by atoms with Gasteiger partial charge in [0.15, 0.2) is 0 Å². The van der Waals surface area contributed by atoms with Crippen molar-refractivity contribution in [3.8, 4) is 5.75 Å². The first kappa shape index (κ1) is 16.1. The van der Waals surface area contributed by atoms with Crippen molar-refractivity contribution in [3.63, 3.8) is 0 Å². The van der Waals surface area contributed by atoms with Gasteiger partial charge in [-0.2, -0.15) is 0 Å². The van der Waals surface area contributed by atoms with Crippen molar-refractivity contribution in [2.45, 2.75) is 18.6 Å². The fourth-order valence-corrected chi connectivity index (χ4v) is 2.42. The monoisotopic (exact) mass is 333 g/mol. The summed E-state index contributed by atoms with van der Waals surface area (Å²) in [4.78, 5) is 29.4. The zero-order valence-corrected chi connectivity index (χ0v) is 12.7.